The van der Waals surface area contributed by atoms with Gasteiger partial charge >= 0.3 is 0 Å². The summed E-state index contributed by atoms with van der Waals surface area (Å²) in [6.07, 6.45) is 0. The van der Waals surface area contributed by atoms with Crippen molar-refractivity contribution in [3.8, 4) is 5.69 Å². The number of para-hydroxylation sites is 2. The Hall–Kier alpha value is -3.26. The summed E-state index contributed by atoms with van der Waals surface area (Å²) in [6.45, 7) is 7.37. The summed E-state index contributed by atoms with van der Waals surface area (Å²) in [5, 5.41) is 2.78. The Bertz CT molecular complexity index is 1540. The molecule has 0 saturated heterocycles. The molecule has 0 fully saturated rings. The number of fused-ring (bicyclic) bond motifs is 8. The first-order chi connectivity index (χ1) is 14.6. The molecule has 0 amide bonds. The van der Waals surface area contributed by atoms with Crippen LogP contribution in [0.1, 0.15) is 30.5 Å². The highest BCUT2D eigenvalue weighted by molar-refractivity contribution is 6.99. The van der Waals surface area contributed by atoms with Crippen molar-refractivity contribution in [1.82, 2.24) is 4.57 Å². The van der Waals surface area contributed by atoms with Gasteiger partial charge < -0.3 is 4.57 Å². The van der Waals surface area contributed by atoms with Gasteiger partial charge in [0, 0.05) is 27.4 Å². The van der Waals surface area contributed by atoms with E-state index in [0.717, 1.165) is 0 Å². The zero-order valence-corrected chi connectivity index (χ0v) is 17.5. The molecule has 4 aromatic carbocycles. The van der Waals surface area contributed by atoms with Gasteiger partial charge in [0.2, 0.25) is 6.71 Å². The first kappa shape index (κ1) is 16.5. The summed E-state index contributed by atoms with van der Waals surface area (Å²) in [5.74, 6) is 0. The SMILES string of the molecule is Cc1cc2c3c4c1c1ccccc1n4-c1ccccc1B3c1ccccc1C2(C)C. The summed E-state index contributed by atoms with van der Waals surface area (Å²) in [7, 11) is 0. The molecule has 0 spiro atoms. The number of benzene rings is 4. The molecule has 2 aliphatic heterocycles. The van der Waals surface area contributed by atoms with Crippen LogP contribution < -0.4 is 16.4 Å². The van der Waals surface area contributed by atoms with Gasteiger partial charge in [-0.25, -0.2) is 0 Å². The highest BCUT2D eigenvalue weighted by Gasteiger charge is 2.44. The third-order valence-corrected chi connectivity index (χ3v) is 7.57. The highest BCUT2D eigenvalue weighted by atomic mass is 15.0. The van der Waals surface area contributed by atoms with Crippen LogP contribution in [0.25, 0.3) is 27.5 Å². The normalized spacial score (nSPS) is 15.4. The lowest BCUT2D eigenvalue weighted by Gasteiger charge is -2.41. The lowest BCUT2D eigenvalue weighted by Crippen LogP contribution is -2.63. The molecule has 1 nitrogen and oxygen atoms in total. The van der Waals surface area contributed by atoms with Crippen LogP contribution >= 0.6 is 0 Å². The van der Waals surface area contributed by atoms with Gasteiger partial charge in [0.25, 0.3) is 0 Å². The summed E-state index contributed by atoms with van der Waals surface area (Å²) >= 11 is 0. The van der Waals surface area contributed by atoms with Crippen molar-refractivity contribution in [3.05, 3.63) is 95.6 Å². The minimum absolute atomic E-state index is 0.0189. The van der Waals surface area contributed by atoms with Gasteiger partial charge in [-0.1, -0.05) is 86.0 Å². The molecule has 30 heavy (non-hydrogen) atoms. The number of hydrogen-bond donors (Lipinski definition) is 0. The van der Waals surface area contributed by atoms with Crippen LogP contribution in [-0.4, -0.2) is 11.3 Å². The molecule has 2 aliphatic rings. The first-order valence-electron chi connectivity index (χ1n) is 10.8. The number of nitrogens with zero attached hydrogens (tertiary/aromatic N) is 1. The molecule has 0 N–H and O–H groups in total. The van der Waals surface area contributed by atoms with Crippen molar-refractivity contribution in [2.24, 2.45) is 0 Å². The van der Waals surface area contributed by atoms with E-state index in [1.54, 1.807) is 0 Å². The minimum Gasteiger partial charge on any atom is -0.310 e. The maximum Gasteiger partial charge on any atom is 0.247 e. The fourth-order valence-electron chi connectivity index (χ4n) is 6.32. The molecule has 0 atom stereocenters. The Morgan fingerprint density at radius 3 is 2.33 bits per heavy atom. The molecule has 0 unspecified atom stereocenters. The average molecular weight is 383 g/mol. The van der Waals surface area contributed by atoms with Gasteiger partial charge in [0.15, 0.2) is 0 Å². The Morgan fingerprint density at radius 1 is 0.767 bits per heavy atom. The second-order valence-electron chi connectivity index (χ2n) is 9.43. The van der Waals surface area contributed by atoms with Crippen LogP contribution in [0.15, 0.2) is 78.9 Å². The van der Waals surface area contributed by atoms with E-state index in [-0.39, 0.29) is 5.41 Å². The summed E-state index contributed by atoms with van der Waals surface area (Å²) < 4.78 is 2.53. The van der Waals surface area contributed by atoms with E-state index in [1.165, 1.54) is 60.6 Å². The summed E-state index contributed by atoms with van der Waals surface area (Å²) in [6, 6.07) is 29.5. The third-order valence-electron chi connectivity index (χ3n) is 7.57. The molecular weight excluding hydrogens is 361 g/mol. The molecule has 5 aromatic rings. The van der Waals surface area contributed by atoms with E-state index in [1.807, 2.05) is 0 Å². The fraction of sp³-hybridized carbons (Fsp3) is 0.143. The van der Waals surface area contributed by atoms with Crippen molar-refractivity contribution < 1.29 is 0 Å². The van der Waals surface area contributed by atoms with Crippen LogP contribution in [0, 0.1) is 6.92 Å². The van der Waals surface area contributed by atoms with E-state index in [0.29, 0.717) is 6.71 Å². The van der Waals surface area contributed by atoms with Crippen LogP contribution in [0.5, 0.6) is 0 Å². The van der Waals surface area contributed by atoms with Crippen molar-refractivity contribution >= 4 is 44.9 Å². The van der Waals surface area contributed by atoms with Crippen molar-refractivity contribution in [1.29, 1.82) is 0 Å². The second-order valence-corrected chi connectivity index (χ2v) is 9.43. The molecule has 7 rings (SSSR count). The molecule has 1 aromatic heterocycles. The van der Waals surface area contributed by atoms with Gasteiger partial charge in [0.1, 0.15) is 0 Å². The van der Waals surface area contributed by atoms with Crippen LogP contribution in [0.2, 0.25) is 0 Å². The lowest BCUT2D eigenvalue weighted by molar-refractivity contribution is 0.646. The van der Waals surface area contributed by atoms with Gasteiger partial charge in [-0.05, 0) is 46.7 Å². The van der Waals surface area contributed by atoms with Crippen molar-refractivity contribution in [2.75, 3.05) is 0 Å². The summed E-state index contributed by atoms with van der Waals surface area (Å²) in [5.41, 5.74) is 12.7. The molecule has 3 heterocycles. The van der Waals surface area contributed by atoms with Gasteiger partial charge in [-0.2, -0.15) is 0 Å². The highest BCUT2D eigenvalue weighted by Crippen LogP contribution is 2.41. The fourth-order valence-corrected chi connectivity index (χ4v) is 6.32. The van der Waals surface area contributed by atoms with E-state index < -0.39 is 0 Å². The second kappa shape index (κ2) is 5.26. The first-order valence-corrected chi connectivity index (χ1v) is 10.8. The molecule has 0 radical (unpaired) electrons. The molecule has 2 heteroatoms. The topological polar surface area (TPSA) is 4.93 Å². The smallest absolute Gasteiger partial charge is 0.247 e. The quantitative estimate of drug-likeness (QED) is 0.339. The van der Waals surface area contributed by atoms with E-state index in [2.05, 4.69) is 104 Å². The molecule has 142 valence electrons. The van der Waals surface area contributed by atoms with Gasteiger partial charge in [-0.15, -0.1) is 0 Å². The molecular formula is C28H22BN. The van der Waals surface area contributed by atoms with Crippen LogP contribution in [-0.2, 0) is 5.41 Å². The zero-order chi connectivity index (χ0) is 20.2. The number of rotatable bonds is 0. The molecule has 0 saturated carbocycles. The van der Waals surface area contributed by atoms with Crippen molar-refractivity contribution in [2.45, 2.75) is 26.2 Å². The number of hydrogen-bond acceptors (Lipinski definition) is 0. The van der Waals surface area contributed by atoms with E-state index in [4.69, 9.17) is 0 Å². The zero-order valence-electron chi connectivity index (χ0n) is 17.5. The van der Waals surface area contributed by atoms with Crippen LogP contribution in [0.3, 0.4) is 0 Å². The van der Waals surface area contributed by atoms with Gasteiger partial charge in [0.05, 0.1) is 5.52 Å². The minimum atomic E-state index is -0.0189. The molecule has 0 aliphatic carbocycles. The van der Waals surface area contributed by atoms with E-state index >= 15 is 0 Å². The maximum atomic E-state index is 2.53. The maximum absolute atomic E-state index is 2.53. The summed E-state index contributed by atoms with van der Waals surface area (Å²) in [4.78, 5) is 0. The monoisotopic (exact) mass is 383 g/mol. The van der Waals surface area contributed by atoms with Gasteiger partial charge in [-0.3, -0.25) is 0 Å². The Balaban J connectivity index is 1.82. The Morgan fingerprint density at radius 2 is 1.47 bits per heavy atom. The Labute approximate surface area is 177 Å². The number of aromatic nitrogens is 1. The standard InChI is InChI=1S/C28H22BN/c1-17-16-20-26-27-25(17)18-10-4-8-14-23(18)30(27)24-15-9-7-13-22(24)29(26)21-12-6-5-11-19(21)28(20,2)3/h4-16H,1-3H3. The van der Waals surface area contributed by atoms with E-state index in [9.17, 15) is 0 Å². The average Bonchev–Trinajstić information content (AvgIpc) is 3.12. The van der Waals surface area contributed by atoms with Crippen LogP contribution in [0.4, 0.5) is 0 Å². The third kappa shape index (κ3) is 1.73. The molecule has 0 bridgehead atoms. The number of aryl methyl sites for hydroxylation is 1. The predicted molar refractivity (Wildman–Crippen MR) is 129 cm³/mol. The Kier molecular flexibility index (Phi) is 2.90. The predicted octanol–water partition coefficient (Wildman–Crippen LogP) is 4.56. The van der Waals surface area contributed by atoms with Crippen molar-refractivity contribution in [3.63, 3.8) is 0 Å². The largest absolute Gasteiger partial charge is 0.310 e. The lowest BCUT2D eigenvalue weighted by atomic mass is 9.30.